The highest BCUT2D eigenvalue weighted by molar-refractivity contribution is 5.84. The van der Waals surface area contributed by atoms with Crippen LogP contribution in [0.3, 0.4) is 0 Å². The van der Waals surface area contributed by atoms with Gasteiger partial charge in [-0.1, -0.05) is 18.2 Å². The highest BCUT2D eigenvalue weighted by Gasteiger charge is 2.55. The Morgan fingerprint density at radius 2 is 1.75 bits per heavy atom. The van der Waals surface area contributed by atoms with Crippen LogP contribution >= 0.6 is 0 Å². The fraction of sp³-hybridized carbons (Fsp3) is 0.357. The van der Waals surface area contributed by atoms with Gasteiger partial charge in [0.1, 0.15) is 17.4 Å². The Morgan fingerprint density at radius 1 is 1.05 bits per heavy atom. The molecule has 2 aliphatic heterocycles. The van der Waals surface area contributed by atoms with Crippen molar-refractivity contribution in [1.29, 1.82) is 0 Å². The van der Waals surface area contributed by atoms with E-state index in [4.69, 9.17) is 19.3 Å². The molecule has 3 atom stereocenters. The van der Waals surface area contributed by atoms with Crippen LogP contribution in [0.25, 0.3) is 22.2 Å². The number of benzene rings is 2. The number of hydrogen-bond acceptors (Lipinski definition) is 8. The fourth-order valence-electron chi connectivity index (χ4n) is 5.89. The summed E-state index contributed by atoms with van der Waals surface area (Å²) < 4.78 is 48.5. The molecule has 40 heavy (non-hydrogen) atoms. The third kappa shape index (κ3) is 4.59. The van der Waals surface area contributed by atoms with Crippen LogP contribution in [-0.4, -0.2) is 70.4 Å². The van der Waals surface area contributed by atoms with Crippen LogP contribution in [0.2, 0.25) is 0 Å². The Labute approximate surface area is 227 Å². The largest absolute Gasteiger partial charge is 0.434 e. The van der Waals surface area contributed by atoms with Gasteiger partial charge in [-0.25, -0.2) is 19.3 Å². The SMILES string of the molecule is CN1CCN(c2ncc(-c3cc4c(cc3F)nc3n4[C@@H](c4ccccc4OC(F)F)[C@H]4C[C@@H]34)cn2)CC1.O=C=O. The second-order valence-electron chi connectivity index (χ2n) is 10.2. The van der Waals surface area contributed by atoms with Crippen molar-refractivity contribution < 1.29 is 27.5 Å². The van der Waals surface area contributed by atoms with Crippen molar-refractivity contribution in [3.8, 4) is 16.9 Å². The Hall–Kier alpha value is -4.28. The van der Waals surface area contributed by atoms with E-state index in [0.717, 1.165) is 43.9 Å². The van der Waals surface area contributed by atoms with E-state index in [0.29, 0.717) is 28.2 Å². The number of piperazine rings is 1. The average molecular weight is 551 g/mol. The Kier molecular flexibility index (Phi) is 6.73. The Bertz CT molecular complexity index is 1580. The number of para-hydroxylation sites is 1. The summed E-state index contributed by atoms with van der Waals surface area (Å²) in [6.45, 7) is 0.664. The number of anilines is 1. The molecule has 1 saturated heterocycles. The number of carbonyl (C=O) groups excluding carboxylic acids is 2. The standard InChI is InChI=1S/C27H25F3N6O.CO2/c1-34-6-8-35(9-7-34)27-31-13-15(14-32-27)17-11-22-21(12-20(17)28)33-25-19-10-18(19)24(36(22)25)16-4-2-3-5-23(16)37-26(29)30;2-1-3/h2-5,11-14,18-19,24,26H,6-10H2,1H3;/t18-,19+,24-;/m0./s1. The number of rotatable bonds is 5. The zero-order valence-electron chi connectivity index (χ0n) is 21.5. The number of alkyl halides is 2. The predicted octanol–water partition coefficient (Wildman–Crippen LogP) is 4.11. The van der Waals surface area contributed by atoms with Crippen LogP contribution in [0.15, 0.2) is 48.8 Å². The van der Waals surface area contributed by atoms with Crippen molar-refractivity contribution in [2.75, 3.05) is 38.1 Å². The van der Waals surface area contributed by atoms with Gasteiger partial charge < -0.3 is 19.1 Å². The first-order valence-electron chi connectivity index (χ1n) is 12.9. The molecule has 0 unspecified atom stereocenters. The highest BCUT2D eigenvalue weighted by atomic mass is 19.3. The molecule has 2 aromatic carbocycles. The molecule has 206 valence electrons. The first-order valence-corrected chi connectivity index (χ1v) is 12.9. The van der Waals surface area contributed by atoms with Gasteiger partial charge in [0.25, 0.3) is 0 Å². The van der Waals surface area contributed by atoms with E-state index in [1.54, 1.807) is 30.6 Å². The normalized spacial score (nSPS) is 21.4. The highest BCUT2D eigenvalue weighted by Crippen LogP contribution is 2.63. The number of likely N-dealkylation sites (N-methyl/N-ethyl adjacent to an activating group) is 1. The smallest absolute Gasteiger partial charge is 0.387 e. The monoisotopic (exact) mass is 550 g/mol. The molecule has 1 aliphatic carbocycles. The summed E-state index contributed by atoms with van der Waals surface area (Å²) in [4.78, 5) is 34.4. The van der Waals surface area contributed by atoms with E-state index in [1.165, 1.54) is 6.07 Å². The minimum atomic E-state index is -2.91. The molecule has 0 bridgehead atoms. The average Bonchev–Trinajstić information content (AvgIpc) is 3.55. The van der Waals surface area contributed by atoms with Gasteiger partial charge in [0.05, 0.1) is 17.1 Å². The third-order valence-electron chi connectivity index (χ3n) is 7.85. The van der Waals surface area contributed by atoms with Gasteiger partial charge in [-0.15, -0.1) is 0 Å². The lowest BCUT2D eigenvalue weighted by Crippen LogP contribution is -2.45. The van der Waals surface area contributed by atoms with Crippen LogP contribution in [-0.2, 0) is 9.59 Å². The molecular formula is C28H25F3N6O3. The number of hydrogen-bond donors (Lipinski definition) is 0. The second-order valence-corrected chi connectivity index (χ2v) is 10.2. The molecule has 3 aliphatic rings. The third-order valence-corrected chi connectivity index (χ3v) is 7.85. The van der Waals surface area contributed by atoms with E-state index in [1.807, 2.05) is 12.1 Å². The number of ether oxygens (including phenoxy) is 1. The molecule has 0 N–H and O–H groups in total. The molecule has 4 heterocycles. The maximum Gasteiger partial charge on any atom is 0.387 e. The Morgan fingerprint density at radius 3 is 2.45 bits per heavy atom. The maximum atomic E-state index is 15.3. The minimum Gasteiger partial charge on any atom is -0.434 e. The van der Waals surface area contributed by atoms with Crippen molar-refractivity contribution in [2.45, 2.75) is 25.0 Å². The topological polar surface area (TPSA) is 93.4 Å². The summed E-state index contributed by atoms with van der Waals surface area (Å²) in [7, 11) is 2.09. The van der Waals surface area contributed by atoms with Crippen LogP contribution in [0.5, 0.6) is 5.75 Å². The summed E-state index contributed by atoms with van der Waals surface area (Å²) in [6.07, 6.45) is 4.49. The van der Waals surface area contributed by atoms with Gasteiger partial charge in [0.15, 0.2) is 0 Å². The molecule has 12 heteroatoms. The first-order chi connectivity index (χ1) is 19.4. The van der Waals surface area contributed by atoms with E-state index in [9.17, 15) is 8.78 Å². The molecule has 9 nitrogen and oxygen atoms in total. The first kappa shape index (κ1) is 26.0. The van der Waals surface area contributed by atoms with E-state index in [-0.39, 0.29) is 29.8 Å². The number of nitrogens with zero attached hydrogens (tertiary/aromatic N) is 6. The zero-order valence-corrected chi connectivity index (χ0v) is 21.5. The van der Waals surface area contributed by atoms with Gasteiger partial charge in [-0.2, -0.15) is 18.4 Å². The van der Waals surface area contributed by atoms with Gasteiger partial charge >= 0.3 is 12.8 Å². The molecule has 2 aromatic heterocycles. The number of fused-ring (bicyclic) bond motifs is 5. The van der Waals surface area contributed by atoms with Crippen molar-refractivity contribution >= 4 is 23.1 Å². The van der Waals surface area contributed by atoms with Crippen LogP contribution in [0.1, 0.15) is 29.8 Å². The van der Waals surface area contributed by atoms with Crippen molar-refractivity contribution in [3.05, 3.63) is 66.0 Å². The molecule has 0 spiro atoms. The van der Waals surface area contributed by atoms with Crippen LogP contribution < -0.4 is 9.64 Å². The van der Waals surface area contributed by atoms with Crippen LogP contribution in [0, 0.1) is 11.7 Å². The molecule has 0 amide bonds. The molecule has 4 aromatic rings. The fourth-order valence-corrected chi connectivity index (χ4v) is 5.89. The van der Waals surface area contributed by atoms with Crippen molar-refractivity contribution in [2.24, 2.45) is 5.92 Å². The zero-order chi connectivity index (χ0) is 28.0. The van der Waals surface area contributed by atoms with Crippen molar-refractivity contribution in [3.63, 3.8) is 0 Å². The predicted molar refractivity (Wildman–Crippen MR) is 137 cm³/mol. The van der Waals surface area contributed by atoms with Gasteiger partial charge in [-0.05, 0) is 31.5 Å². The summed E-state index contributed by atoms with van der Waals surface area (Å²) >= 11 is 0. The van der Waals surface area contributed by atoms with Gasteiger partial charge in [0.2, 0.25) is 5.95 Å². The van der Waals surface area contributed by atoms with E-state index < -0.39 is 12.4 Å². The lowest BCUT2D eigenvalue weighted by Gasteiger charge is -2.32. The minimum absolute atomic E-state index is 0.165. The second kappa shape index (κ2) is 10.4. The van der Waals surface area contributed by atoms with Gasteiger partial charge in [0, 0.05) is 67.2 Å². The lowest BCUT2D eigenvalue weighted by molar-refractivity contribution is -0.191. The molecule has 7 rings (SSSR count). The molecule has 0 radical (unpaired) electrons. The van der Waals surface area contributed by atoms with Crippen molar-refractivity contribution in [1.82, 2.24) is 24.4 Å². The molecular weight excluding hydrogens is 525 g/mol. The Balaban J connectivity index is 0.000000925. The molecule has 2 fully saturated rings. The quantitative estimate of drug-likeness (QED) is 0.367. The summed E-state index contributed by atoms with van der Waals surface area (Å²) in [5.41, 5.74) is 2.97. The van der Waals surface area contributed by atoms with Crippen LogP contribution in [0.4, 0.5) is 19.1 Å². The molecule has 1 saturated carbocycles. The number of imidazole rings is 1. The van der Waals surface area contributed by atoms with Gasteiger partial charge in [-0.3, -0.25) is 0 Å². The summed E-state index contributed by atoms with van der Waals surface area (Å²) in [6, 6.07) is 9.94. The summed E-state index contributed by atoms with van der Waals surface area (Å²) in [5, 5.41) is 0. The lowest BCUT2D eigenvalue weighted by atomic mass is 10.0. The number of halogens is 3. The van der Waals surface area contributed by atoms with E-state index >= 15 is 4.39 Å². The maximum absolute atomic E-state index is 15.3. The summed E-state index contributed by atoms with van der Waals surface area (Å²) in [5.74, 6) is 1.77. The van der Waals surface area contributed by atoms with E-state index in [2.05, 4.69) is 31.4 Å². The number of aromatic nitrogens is 4.